The van der Waals surface area contributed by atoms with Crippen LogP contribution in [-0.4, -0.2) is 34.0 Å². The molecule has 0 amide bonds. The van der Waals surface area contributed by atoms with Crippen molar-refractivity contribution in [2.45, 2.75) is 19.9 Å². The molecule has 0 fully saturated rings. The molecule has 6 nitrogen and oxygen atoms in total. The molecule has 3 aromatic heterocycles. The van der Waals surface area contributed by atoms with E-state index in [1.54, 1.807) is 20.4 Å². The number of aromatic nitrogens is 4. The van der Waals surface area contributed by atoms with Gasteiger partial charge in [-0.15, -0.1) is 0 Å². The standard InChI is InChI=1S/C20H19ClN4O2/c1-4-25-20-16(11-24-25)19(21)14(10-23-20)5-12-8-22-9-13-6-17(26-2)18(27-3)7-15(12)13/h6-11H,4-5H2,1-3H3. The fourth-order valence-electron chi connectivity index (χ4n) is 3.30. The zero-order valence-corrected chi connectivity index (χ0v) is 16.1. The molecule has 0 aliphatic rings. The molecule has 4 rings (SSSR count). The van der Waals surface area contributed by atoms with Crippen LogP contribution in [0.2, 0.25) is 5.02 Å². The van der Waals surface area contributed by atoms with Gasteiger partial charge in [0.1, 0.15) is 0 Å². The predicted molar refractivity (Wildman–Crippen MR) is 106 cm³/mol. The summed E-state index contributed by atoms with van der Waals surface area (Å²) in [7, 11) is 3.25. The van der Waals surface area contributed by atoms with Crippen molar-refractivity contribution < 1.29 is 9.47 Å². The third-order valence-corrected chi connectivity index (χ3v) is 5.15. The quantitative estimate of drug-likeness (QED) is 0.516. The van der Waals surface area contributed by atoms with Gasteiger partial charge in [0.05, 0.1) is 30.8 Å². The van der Waals surface area contributed by atoms with Gasteiger partial charge in [0.15, 0.2) is 17.1 Å². The average Bonchev–Trinajstić information content (AvgIpc) is 3.13. The van der Waals surface area contributed by atoms with E-state index in [2.05, 4.69) is 15.1 Å². The minimum absolute atomic E-state index is 0.610. The molecule has 0 bridgehead atoms. The fourth-order valence-corrected chi connectivity index (χ4v) is 3.54. The van der Waals surface area contributed by atoms with Crippen LogP contribution in [0, 0.1) is 0 Å². The smallest absolute Gasteiger partial charge is 0.161 e. The second-order valence-electron chi connectivity index (χ2n) is 6.20. The molecule has 0 N–H and O–H groups in total. The van der Waals surface area contributed by atoms with Crippen molar-refractivity contribution in [1.82, 2.24) is 19.7 Å². The molecule has 0 spiro atoms. The molecule has 4 aromatic rings. The van der Waals surface area contributed by atoms with Gasteiger partial charge in [-0.3, -0.25) is 4.98 Å². The summed E-state index contributed by atoms with van der Waals surface area (Å²) in [5, 5.41) is 7.91. The monoisotopic (exact) mass is 382 g/mol. The van der Waals surface area contributed by atoms with E-state index in [-0.39, 0.29) is 0 Å². The van der Waals surface area contributed by atoms with Gasteiger partial charge in [0.25, 0.3) is 0 Å². The summed E-state index contributed by atoms with van der Waals surface area (Å²) >= 11 is 6.66. The molecule has 0 saturated heterocycles. The van der Waals surface area contributed by atoms with Gasteiger partial charge < -0.3 is 9.47 Å². The van der Waals surface area contributed by atoms with Crippen molar-refractivity contribution in [2.24, 2.45) is 0 Å². The first-order valence-electron chi connectivity index (χ1n) is 8.63. The van der Waals surface area contributed by atoms with E-state index < -0.39 is 0 Å². The Morgan fingerprint density at radius 3 is 2.48 bits per heavy atom. The van der Waals surface area contributed by atoms with E-state index in [1.165, 1.54) is 0 Å². The molecule has 0 saturated carbocycles. The summed E-state index contributed by atoms with van der Waals surface area (Å²) in [6.45, 7) is 2.78. The largest absolute Gasteiger partial charge is 0.493 e. The number of halogens is 1. The first-order valence-corrected chi connectivity index (χ1v) is 9.01. The number of benzene rings is 1. The Morgan fingerprint density at radius 2 is 1.74 bits per heavy atom. The SMILES string of the molecule is CCn1ncc2c(Cl)c(Cc3cncc4cc(OC)c(OC)cc34)cnc21. The maximum Gasteiger partial charge on any atom is 0.161 e. The second kappa shape index (κ2) is 7.04. The van der Waals surface area contributed by atoms with E-state index in [0.29, 0.717) is 22.9 Å². The second-order valence-corrected chi connectivity index (χ2v) is 6.58. The lowest BCUT2D eigenvalue weighted by Gasteiger charge is -2.12. The molecule has 1 aromatic carbocycles. The molecular weight excluding hydrogens is 364 g/mol. The minimum Gasteiger partial charge on any atom is -0.493 e. The number of methoxy groups -OCH3 is 2. The average molecular weight is 383 g/mol. The summed E-state index contributed by atoms with van der Waals surface area (Å²) in [5.74, 6) is 1.36. The molecular formula is C20H19ClN4O2. The molecule has 7 heteroatoms. The van der Waals surface area contributed by atoms with Crippen LogP contribution >= 0.6 is 11.6 Å². The van der Waals surface area contributed by atoms with Crippen molar-refractivity contribution in [2.75, 3.05) is 14.2 Å². The van der Waals surface area contributed by atoms with E-state index in [0.717, 1.165) is 39.5 Å². The molecule has 0 aliphatic heterocycles. The molecule has 27 heavy (non-hydrogen) atoms. The lowest BCUT2D eigenvalue weighted by atomic mass is 10.0. The molecule has 0 radical (unpaired) electrons. The van der Waals surface area contributed by atoms with Crippen LogP contribution in [0.1, 0.15) is 18.1 Å². The Balaban J connectivity index is 1.81. The van der Waals surface area contributed by atoms with Crippen molar-refractivity contribution >= 4 is 33.4 Å². The highest BCUT2D eigenvalue weighted by Crippen LogP contribution is 2.35. The van der Waals surface area contributed by atoms with Crippen molar-refractivity contribution in [3.05, 3.63) is 53.1 Å². The van der Waals surface area contributed by atoms with Crippen molar-refractivity contribution in [3.63, 3.8) is 0 Å². The zero-order valence-electron chi connectivity index (χ0n) is 15.4. The van der Waals surface area contributed by atoms with E-state index in [1.807, 2.05) is 42.3 Å². The van der Waals surface area contributed by atoms with Gasteiger partial charge in [-0.2, -0.15) is 5.10 Å². The molecule has 3 heterocycles. The van der Waals surface area contributed by atoms with Crippen molar-refractivity contribution in [1.29, 1.82) is 0 Å². The van der Waals surface area contributed by atoms with E-state index in [9.17, 15) is 0 Å². The lowest BCUT2D eigenvalue weighted by Crippen LogP contribution is -1.99. The third-order valence-electron chi connectivity index (χ3n) is 4.70. The number of rotatable bonds is 5. The number of nitrogens with zero attached hydrogens (tertiary/aromatic N) is 4. The molecule has 0 aliphatic carbocycles. The normalized spacial score (nSPS) is 11.3. The lowest BCUT2D eigenvalue weighted by molar-refractivity contribution is 0.356. The number of ether oxygens (including phenoxy) is 2. The molecule has 0 unspecified atom stereocenters. The van der Waals surface area contributed by atoms with Crippen LogP contribution in [0.25, 0.3) is 21.8 Å². The maximum absolute atomic E-state index is 6.66. The maximum atomic E-state index is 6.66. The van der Waals surface area contributed by atoms with Gasteiger partial charge >= 0.3 is 0 Å². The Morgan fingerprint density at radius 1 is 0.963 bits per heavy atom. The van der Waals surface area contributed by atoms with Gasteiger partial charge in [0, 0.05) is 36.9 Å². The van der Waals surface area contributed by atoms with Crippen molar-refractivity contribution in [3.8, 4) is 11.5 Å². The fraction of sp³-hybridized carbons (Fsp3) is 0.250. The Kier molecular flexibility index (Phi) is 4.58. The highest BCUT2D eigenvalue weighted by Gasteiger charge is 2.14. The highest BCUT2D eigenvalue weighted by molar-refractivity contribution is 6.36. The van der Waals surface area contributed by atoms with Gasteiger partial charge in [-0.25, -0.2) is 9.67 Å². The predicted octanol–water partition coefficient (Wildman–Crippen LogP) is 4.26. The zero-order chi connectivity index (χ0) is 19.0. The minimum atomic E-state index is 0.610. The number of pyridine rings is 2. The Bertz CT molecular complexity index is 1140. The first-order chi connectivity index (χ1) is 13.2. The van der Waals surface area contributed by atoms with Crippen LogP contribution in [0.3, 0.4) is 0 Å². The van der Waals surface area contributed by atoms with E-state index >= 15 is 0 Å². The topological polar surface area (TPSA) is 62.1 Å². The molecule has 138 valence electrons. The van der Waals surface area contributed by atoms with Crippen LogP contribution in [0.5, 0.6) is 11.5 Å². The highest BCUT2D eigenvalue weighted by atomic mass is 35.5. The Hall–Kier alpha value is -2.86. The first kappa shape index (κ1) is 17.5. The summed E-state index contributed by atoms with van der Waals surface area (Å²) in [5.41, 5.74) is 2.77. The van der Waals surface area contributed by atoms with Crippen LogP contribution in [0.15, 0.2) is 36.9 Å². The summed E-state index contributed by atoms with van der Waals surface area (Å²) in [4.78, 5) is 8.93. The molecule has 0 atom stereocenters. The number of hydrogen-bond donors (Lipinski definition) is 0. The van der Waals surface area contributed by atoms with Gasteiger partial charge in [-0.1, -0.05) is 11.6 Å². The summed E-state index contributed by atoms with van der Waals surface area (Å²) in [6, 6.07) is 3.90. The number of aryl methyl sites for hydroxylation is 1. The third kappa shape index (κ3) is 2.96. The summed E-state index contributed by atoms with van der Waals surface area (Å²) < 4.78 is 12.7. The summed E-state index contributed by atoms with van der Waals surface area (Å²) in [6.07, 6.45) is 7.86. The Labute approximate surface area is 161 Å². The number of hydrogen-bond acceptors (Lipinski definition) is 5. The van der Waals surface area contributed by atoms with E-state index in [4.69, 9.17) is 21.1 Å². The van der Waals surface area contributed by atoms with Crippen LogP contribution in [0.4, 0.5) is 0 Å². The van der Waals surface area contributed by atoms with Crippen LogP contribution < -0.4 is 9.47 Å². The van der Waals surface area contributed by atoms with Crippen LogP contribution in [-0.2, 0) is 13.0 Å². The number of fused-ring (bicyclic) bond motifs is 2. The van der Waals surface area contributed by atoms with Gasteiger partial charge in [0.2, 0.25) is 0 Å². The van der Waals surface area contributed by atoms with Gasteiger partial charge in [-0.05, 0) is 35.6 Å².